The van der Waals surface area contributed by atoms with Gasteiger partial charge in [-0.15, -0.1) is 0 Å². The summed E-state index contributed by atoms with van der Waals surface area (Å²) in [4.78, 5) is 18.2. The van der Waals surface area contributed by atoms with Crippen molar-refractivity contribution in [2.75, 3.05) is 13.6 Å². The summed E-state index contributed by atoms with van der Waals surface area (Å²) in [7, 11) is 1.92. The van der Waals surface area contributed by atoms with Crippen LogP contribution in [-0.4, -0.2) is 35.4 Å². The Morgan fingerprint density at radius 1 is 1.53 bits per heavy atom. The molecule has 0 spiro atoms. The number of aryl methyl sites for hydroxylation is 1. The Bertz CT molecular complexity index is 407. The highest BCUT2D eigenvalue weighted by molar-refractivity contribution is 5.76. The molecule has 104 valence electrons. The number of hydrogen-bond acceptors (Lipinski definition) is 3. The predicted octanol–water partition coefficient (Wildman–Crippen LogP) is 1.60. The van der Waals surface area contributed by atoms with Crippen molar-refractivity contribution >= 4 is 5.91 Å². The SMILES string of the molecule is CN(C(=O)CCc1cccnc1)C1CCCC1CN. The Kier molecular flexibility index (Phi) is 4.91. The van der Waals surface area contributed by atoms with E-state index in [0.29, 0.717) is 24.9 Å². The third-order valence-corrected chi connectivity index (χ3v) is 4.16. The first-order chi connectivity index (χ1) is 9.22. The zero-order valence-electron chi connectivity index (χ0n) is 11.6. The molecule has 1 heterocycles. The van der Waals surface area contributed by atoms with Crippen molar-refractivity contribution in [1.29, 1.82) is 0 Å². The third kappa shape index (κ3) is 3.53. The van der Waals surface area contributed by atoms with Gasteiger partial charge in [-0.3, -0.25) is 9.78 Å². The Labute approximate surface area is 115 Å². The zero-order valence-corrected chi connectivity index (χ0v) is 11.6. The lowest BCUT2D eigenvalue weighted by Crippen LogP contribution is -2.41. The molecule has 4 nitrogen and oxygen atoms in total. The summed E-state index contributed by atoms with van der Waals surface area (Å²) < 4.78 is 0. The van der Waals surface area contributed by atoms with E-state index in [1.165, 1.54) is 6.42 Å². The fourth-order valence-corrected chi connectivity index (χ4v) is 2.96. The van der Waals surface area contributed by atoms with Crippen molar-refractivity contribution in [3.05, 3.63) is 30.1 Å². The van der Waals surface area contributed by atoms with Gasteiger partial charge in [0.1, 0.15) is 0 Å². The number of aromatic nitrogens is 1. The molecule has 0 aliphatic heterocycles. The van der Waals surface area contributed by atoms with Gasteiger partial charge >= 0.3 is 0 Å². The Hall–Kier alpha value is -1.42. The van der Waals surface area contributed by atoms with Crippen molar-refractivity contribution < 1.29 is 4.79 Å². The van der Waals surface area contributed by atoms with Crippen molar-refractivity contribution in [1.82, 2.24) is 9.88 Å². The van der Waals surface area contributed by atoms with Crippen LogP contribution in [0.25, 0.3) is 0 Å². The van der Waals surface area contributed by atoms with E-state index in [1.54, 1.807) is 6.20 Å². The van der Waals surface area contributed by atoms with Crippen LogP contribution >= 0.6 is 0 Å². The van der Waals surface area contributed by atoms with Crippen LogP contribution in [0.1, 0.15) is 31.2 Å². The average molecular weight is 261 g/mol. The van der Waals surface area contributed by atoms with E-state index in [9.17, 15) is 4.79 Å². The summed E-state index contributed by atoms with van der Waals surface area (Å²) in [5.41, 5.74) is 6.90. The van der Waals surface area contributed by atoms with Gasteiger partial charge in [0.25, 0.3) is 0 Å². The quantitative estimate of drug-likeness (QED) is 0.876. The maximum Gasteiger partial charge on any atom is 0.222 e. The minimum absolute atomic E-state index is 0.217. The first kappa shape index (κ1) is 14.0. The van der Waals surface area contributed by atoms with E-state index in [1.807, 2.05) is 30.3 Å². The summed E-state index contributed by atoms with van der Waals surface area (Å²) in [6.07, 6.45) is 8.32. The van der Waals surface area contributed by atoms with Gasteiger partial charge in [0.2, 0.25) is 5.91 Å². The summed E-state index contributed by atoms with van der Waals surface area (Å²) in [5, 5.41) is 0. The molecule has 2 unspecified atom stereocenters. The molecule has 0 saturated heterocycles. The lowest BCUT2D eigenvalue weighted by atomic mass is 10.0. The van der Waals surface area contributed by atoms with Crippen LogP contribution < -0.4 is 5.73 Å². The van der Waals surface area contributed by atoms with Gasteiger partial charge in [-0.2, -0.15) is 0 Å². The molecule has 2 atom stereocenters. The van der Waals surface area contributed by atoms with Gasteiger partial charge in [0.05, 0.1) is 0 Å². The molecular weight excluding hydrogens is 238 g/mol. The third-order valence-electron chi connectivity index (χ3n) is 4.16. The van der Waals surface area contributed by atoms with Gasteiger partial charge in [0, 0.05) is 31.9 Å². The zero-order chi connectivity index (χ0) is 13.7. The van der Waals surface area contributed by atoms with Gasteiger partial charge in [-0.25, -0.2) is 0 Å². The highest BCUT2D eigenvalue weighted by Crippen LogP contribution is 2.28. The van der Waals surface area contributed by atoms with E-state index in [0.717, 1.165) is 24.8 Å². The van der Waals surface area contributed by atoms with Gasteiger partial charge < -0.3 is 10.6 Å². The number of carbonyl (C=O) groups is 1. The normalized spacial score (nSPS) is 22.4. The largest absolute Gasteiger partial charge is 0.342 e. The Balaban J connectivity index is 1.85. The van der Waals surface area contributed by atoms with Gasteiger partial charge in [0.15, 0.2) is 0 Å². The van der Waals surface area contributed by atoms with Crippen LogP contribution in [0.3, 0.4) is 0 Å². The van der Waals surface area contributed by atoms with Crippen LogP contribution in [0.15, 0.2) is 24.5 Å². The molecular formula is C15H23N3O. The predicted molar refractivity (Wildman–Crippen MR) is 75.5 cm³/mol. The number of rotatable bonds is 5. The molecule has 4 heteroatoms. The topological polar surface area (TPSA) is 59.2 Å². The van der Waals surface area contributed by atoms with Crippen LogP contribution in [0.5, 0.6) is 0 Å². The number of carbonyl (C=O) groups excluding carboxylic acids is 1. The van der Waals surface area contributed by atoms with E-state index < -0.39 is 0 Å². The molecule has 1 aromatic heterocycles. The minimum atomic E-state index is 0.217. The highest BCUT2D eigenvalue weighted by Gasteiger charge is 2.31. The number of nitrogens with zero attached hydrogens (tertiary/aromatic N) is 2. The smallest absolute Gasteiger partial charge is 0.222 e. The molecule has 19 heavy (non-hydrogen) atoms. The molecule has 1 aliphatic rings. The number of pyridine rings is 1. The molecule has 1 amide bonds. The number of hydrogen-bond donors (Lipinski definition) is 1. The highest BCUT2D eigenvalue weighted by atomic mass is 16.2. The molecule has 0 radical (unpaired) electrons. The van der Waals surface area contributed by atoms with Crippen molar-refractivity contribution in [2.45, 2.75) is 38.1 Å². The maximum atomic E-state index is 12.2. The molecule has 2 rings (SSSR count). The minimum Gasteiger partial charge on any atom is -0.342 e. The van der Waals surface area contributed by atoms with E-state index >= 15 is 0 Å². The van der Waals surface area contributed by atoms with Crippen LogP contribution in [0, 0.1) is 5.92 Å². The number of amides is 1. The summed E-state index contributed by atoms with van der Waals surface area (Å²) >= 11 is 0. The van der Waals surface area contributed by atoms with E-state index in [4.69, 9.17) is 5.73 Å². The first-order valence-electron chi connectivity index (χ1n) is 7.07. The second-order valence-electron chi connectivity index (χ2n) is 5.36. The average Bonchev–Trinajstić information content (AvgIpc) is 2.93. The van der Waals surface area contributed by atoms with Crippen LogP contribution in [0.4, 0.5) is 0 Å². The second-order valence-corrected chi connectivity index (χ2v) is 5.36. The lowest BCUT2D eigenvalue weighted by molar-refractivity contribution is -0.132. The summed E-state index contributed by atoms with van der Waals surface area (Å²) in [6, 6.07) is 4.26. The standard InChI is InChI=1S/C15H23N3O/c1-18(14-6-2-5-13(14)10-16)15(19)8-7-12-4-3-9-17-11-12/h3-4,9,11,13-14H,2,5-8,10,16H2,1H3. The van der Waals surface area contributed by atoms with E-state index in [2.05, 4.69) is 4.98 Å². The van der Waals surface area contributed by atoms with Crippen LogP contribution in [-0.2, 0) is 11.2 Å². The Morgan fingerprint density at radius 2 is 2.37 bits per heavy atom. The molecule has 2 N–H and O–H groups in total. The van der Waals surface area contributed by atoms with Crippen molar-refractivity contribution in [3.63, 3.8) is 0 Å². The summed E-state index contributed by atoms with van der Waals surface area (Å²) in [5.74, 6) is 0.696. The maximum absolute atomic E-state index is 12.2. The van der Waals surface area contributed by atoms with E-state index in [-0.39, 0.29) is 5.91 Å². The fourth-order valence-electron chi connectivity index (χ4n) is 2.96. The van der Waals surface area contributed by atoms with Gasteiger partial charge in [-0.05, 0) is 43.4 Å². The molecule has 0 aromatic carbocycles. The van der Waals surface area contributed by atoms with Gasteiger partial charge in [-0.1, -0.05) is 12.5 Å². The Morgan fingerprint density at radius 3 is 3.05 bits per heavy atom. The van der Waals surface area contributed by atoms with Crippen molar-refractivity contribution in [3.8, 4) is 0 Å². The fraction of sp³-hybridized carbons (Fsp3) is 0.600. The molecule has 1 aliphatic carbocycles. The summed E-state index contributed by atoms with van der Waals surface area (Å²) in [6.45, 7) is 0.685. The lowest BCUT2D eigenvalue weighted by Gasteiger charge is -2.29. The van der Waals surface area contributed by atoms with Crippen LogP contribution in [0.2, 0.25) is 0 Å². The monoisotopic (exact) mass is 261 g/mol. The molecule has 1 saturated carbocycles. The first-order valence-corrected chi connectivity index (χ1v) is 7.07. The molecule has 1 fully saturated rings. The van der Waals surface area contributed by atoms with Crippen molar-refractivity contribution in [2.24, 2.45) is 11.7 Å². The number of nitrogens with two attached hydrogens (primary N) is 1. The second kappa shape index (κ2) is 6.66. The molecule has 1 aromatic rings. The molecule has 0 bridgehead atoms.